The Bertz CT molecular complexity index is 3310. The van der Waals surface area contributed by atoms with E-state index in [2.05, 4.69) is 25.9 Å². The van der Waals surface area contributed by atoms with Gasteiger partial charge in [-0.2, -0.15) is 8.42 Å². The molecule has 2 aliphatic heterocycles. The molecular weight excluding hydrogens is 946 g/mol. The highest BCUT2D eigenvalue weighted by Gasteiger charge is 2.28. The summed E-state index contributed by atoms with van der Waals surface area (Å²) in [7, 11) is -8.02. The van der Waals surface area contributed by atoms with Crippen LogP contribution in [0.3, 0.4) is 0 Å². The average Bonchev–Trinajstić information content (AvgIpc) is 3.93. The highest BCUT2D eigenvalue weighted by atomic mass is 32.2. The quantitative estimate of drug-likeness (QED) is 0.0969. The smallest absolute Gasteiger partial charge is 0.297 e. The highest BCUT2D eigenvalue weighted by Crippen LogP contribution is 2.34. The zero-order chi connectivity index (χ0) is 49.0. The lowest BCUT2D eigenvalue weighted by Crippen LogP contribution is -2.38. The summed E-state index contributed by atoms with van der Waals surface area (Å²) in [5, 5.41) is 3.49. The molecule has 0 amide bonds. The number of aryl methyl sites for hydroxylation is 2. The summed E-state index contributed by atoms with van der Waals surface area (Å²) in [5.41, 5.74) is 4.54. The van der Waals surface area contributed by atoms with E-state index >= 15 is 0 Å². The maximum atomic E-state index is 14.5. The van der Waals surface area contributed by atoms with Gasteiger partial charge in [0.15, 0.2) is 11.8 Å². The minimum atomic E-state index is -4.06. The molecule has 70 heavy (non-hydrogen) atoms. The fraction of sp³-hybridized carbons (Fsp3) is 0.360. The molecule has 10 rings (SSSR count). The molecule has 15 nitrogen and oxygen atoms in total. The van der Waals surface area contributed by atoms with Gasteiger partial charge in [0.25, 0.3) is 20.1 Å². The van der Waals surface area contributed by atoms with Gasteiger partial charge >= 0.3 is 0 Å². The van der Waals surface area contributed by atoms with E-state index in [1.54, 1.807) is 61.1 Å². The van der Waals surface area contributed by atoms with Gasteiger partial charge in [0.05, 0.1) is 46.2 Å². The van der Waals surface area contributed by atoms with Gasteiger partial charge in [-0.1, -0.05) is 35.4 Å². The van der Waals surface area contributed by atoms with E-state index in [1.165, 1.54) is 16.1 Å². The van der Waals surface area contributed by atoms with E-state index < -0.39 is 45.8 Å². The van der Waals surface area contributed by atoms with Crippen molar-refractivity contribution in [3.05, 3.63) is 121 Å². The van der Waals surface area contributed by atoms with Crippen molar-refractivity contribution in [1.29, 1.82) is 0 Å². The number of halogens is 3. The van der Waals surface area contributed by atoms with Gasteiger partial charge in [-0.15, -0.1) is 0 Å². The number of H-pyrrole nitrogens is 1. The van der Waals surface area contributed by atoms with Crippen LogP contribution < -0.4 is 9.80 Å². The van der Waals surface area contributed by atoms with Crippen LogP contribution in [0.25, 0.3) is 43.9 Å². The number of alkyl halides is 3. The summed E-state index contributed by atoms with van der Waals surface area (Å²) in [6.45, 7) is 4.37. The lowest BCUT2D eigenvalue weighted by molar-refractivity contribution is -0.00365. The predicted molar refractivity (Wildman–Crippen MR) is 263 cm³/mol. The molecule has 6 aromatic heterocycles. The van der Waals surface area contributed by atoms with Gasteiger partial charge in [0, 0.05) is 72.5 Å². The second-order valence-electron chi connectivity index (χ2n) is 17.6. The molecule has 368 valence electrons. The average molecular weight is 999 g/mol. The van der Waals surface area contributed by atoms with Crippen molar-refractivity contribution in [3.63, 3.8) is 0 Å². The number of aromatic nitrogens is 6. The molecule has 20 heteroatoms. The van der Waals surface area contributed by atoms with Crippen molar-refractivity contribution in [2.45, 2.75) is 73.9 Å². The largest absolute Gasteiger partial charge is 0.375 e. The fourth-order valence-corrected chi connectivity index (χ4v) is 11.1. The molecule has 0 radical (unpaired) electrons. The maximum Gasteiger partial charge on any atom is 0.297 e. The van der Waals surface area contributed by atoms with E-state index in [-0.39, 0.29) is 35.2 Å². The van der Waals surface area contributed by atoms with Crippen LogP contribution in [0.5, 0.6) is 0 Å². The Morgan fingerprint density at radius 3 is 1.79 bits per heavy atom. The molecular formula is C50H53F3N8O7S2. The van der Waals surface area contributed by atoms with Crippen molar-refractivity contribution in [3.8, 4) is 0 Å². The predicted octanol–water partition coefficient (Wildman–Crippen LogP) is 8.57. The number of aromatic amines is 1. The van der Waals surface area contributed by atoms with Gasteiger partial charge in [-0.05, 0) is 100 Å². The minimum Gasteiger partial charge on any atom is -0.375 e. The number of anilines is 2. The summed E-state index contributed by atoms with van der Waals surface area (Å²) in [6, 6.07) is 24.3. The lowest BCUT2D eigenvalue weighted by atomic mass is 10.1. The van der Waals surface area contributed by atoms with E-state index in [4.69, 9.17) is 23.6 Å². The van der Waals surface area contributed by atoms with Crippen LogP contribution in [0.15, 0.2) is 120 Å². The Morgan fingerprint density at radius 2 is 1.17 bits per heavy atom. The molecule has 0 bridgehead atoms. The van der Waals surface area contributed by atoms with Gasteiger partial charge in [0.2, 0.25) is 0 Å². The number of piperidine rings is 2. The van der Waals surface area contributed by atoms with Gasteiger partial charge in [-0.3, -0.25) is 14.2 Å². The number of hydrogen-bond donors (Lipinski definition) is 1. The third-order valence-corrected chi connectivity index (χ3v) is 15.6. The van der Waals surface area contributed by atoms with Crippen molar-refractivity contribution in [2.24, 2.45) is 0 Å². The summed E-state index contributed by atoms with van der Waals surface area (Å²) < 4.78 is 109. The molecule has 2 aromatic carbocycles. The van der Waals surface area contributed by atoms with Crippen LogP contribution in [-0.4, -0.2) is 123 Å². The Kier molecular flexibility index (Phi) is 14.7. The molecule has 0 saturated carbocycles. The lowest BCUT2D eigenvalue weighted by Gasteiger charge is -2.33. The minimum absolute atomic E-state index is 0.0102. The van der Waals surface area contributed by atoms with Crippen molar-refractivity contribution < 1.29 is 43.7 Å². The number of nitrogens with zero attached hydrogens (tertiary/aromatic N) is 7. The summed E-state index contributed by atoms with van der Waals surface area (Å²) in [6.07, 6.45) is 6.19. The van der Waals surface area contributed by atoms with Gasteiger partial charge < -0.3 is 24.3 Å². The van der Waals surface area contributed by atoms with Crippen LogP contribution in [0.2, 0.25) is 0 Å². The van der Waals surface area contributed by atoms with Crippen LogP contribution in [-0.2, 0) is 33.8 Å². The first-order valence-corrected chi connectivity index (χ1v) is 26.0. The maximum absolute atomic E-state index is 14.5. The molecule has 2 unspecified atom stereocenters. The van der Waals surface area contributed by atoms with Crippen LogP contribution >= 0.6 is 0 Å². The first kappa shape index (κ1) is 48.8. The normalized spacial score (nSPS) is 16.2. The molecule has 0 aliphatic carbocycles. The van der Waals surface area contributed by atoms with E-state index in [9.17, 15) is 30.0 Å². The summed E-state index contributed by atoms with van der Waals surface area (Å²) >= 11 is 0. The Morgan fingerprint density at radius 1 is 0.629 bits per heavy atom. The van der Waals surface area contributed by atoms with Crippen molar-refractivity contribution >= 4 is 75.6 Å². The Hall–Kier alpha value is -6.19. The van der Waals surface area contributed by atoms with E-state index in [0.29, 0.717) is 53.7 Å². The van der Waals surface area contributed by atoms with Crippen molar-refractivity contribution in [1.82, 2.24) is 28.9 Å². The number of benzene rings is 2. The third-order valence-electron chi connectivity index (χ3n) is 12.6. The van der Waals surface area contributed by atoms with Crippen LogP contribution in [0.1, 0.15) is 36.8 Å². The molecule has 2 aliphatic rings. The first-order valence-electron chi connectivity index (χ1n) is 23.1. The number of nitrogens with one attached hydrogen (secondary N) is 1. The SMILES string of the molecule is Cc1ccc(S(=O)(=O)OCC(F)COC2CCN(c3ccc4c5cnccc5n(S(=O)(=O)c5ccc(C)cc5)c4n3)CC2)cc1.FCC(F)COC1CCN(c2ccc3c(n2)[nH]c2ccncc23)CC1. The van der Waals surface area contributed by atoms with Gasteiger partial charge in [-0.25, -0.2) is 35.5 Å². The number of rotatable bonds is 15. The Balaban J connectivity index is 0.000000205. The van der Waals surface area contributed by atoms with Gasteiger partial charge in [0.1, 0.15) is 36.7 Å². The molecule has 0 spiro atoms. The van der Waals surface area contributed by atoms with Crippen LogP contribution in [0.4, 0.5) is 24.8 Å². The van der Waals surface area contributed by atoms with E-state index in [1.807, 2.05) is 49.2 Å². The molecule has 1 N–H and O–H groups in total. The summed E-state index contributed by atoms with van der Waals surface area (Å²) in [5.74, 6) is 1.53. The molecule has 8 aromatic rings. The van der Waals surface area contributed by atoms with Crippen molar-refractivity contribution in [2.75, 3.05) is 62.5 Å². The number of pyridine rings is 4. The summed E-state index contributed by atoms with van der Waals surface area (Å²) in [4.78, 5) is 25.7. The fourth-order valence-electron chi connectivity index (χ4n) is 8.72. The molecule has 2 fully saturated rings. The number of fused-ring (bicyclic) bond motifs is 6. The second-order valence-corrected chi connectivity index (χ2v) is 21.0. The molecule has 2 atom stereocenters. The molecule has 8 heterocycles. The second kappa shape index (κ2) is 21.0. The monoisotopic (exact) mass is 998 g/mol. The highest BCUT2D eigenvalue weighted by molar-refractivity contribution is 7.90. The third kappa shape index (κ3) is 10.8. The molecule has 2 saturated heterocycles. The number of hydrogen-bond acceptors (Lipinski definition) is 13. The zero-order valence-electron chi connectivity index (χ0n) is 38.6. The van der Waals surface area contributed by atoms with E-state index in [0.717, 1.165) is 64.8 Å². The zero-order valence-corrected chi connectivity index (χ0v) is 40.3. The Labute approximate surface area is 403 Å². The van der Waals surface area contributed by atoms with Crippen LogP contribution in [0, 0.1) is 13.8 Å². The topological polar surface area (TPSA) is 175 Å². The standard InChI is InChI=1S/C32H33FN4O6S2.C18H20F2N4O/c1-22-3-7-26(8-4-22)44(38,39)37-30-13-16-34-19-29(30)28-11-12-31(35-32(28)37)36-17-14-25(15-18-36)42-20-24(33)21-43-45(40,41)27-9-5-23(2)6-10-27;19-9-12(20)11-25-13-4-7-24(8-5-13)17-2-1-14-15-10-21-6-3-16(15)22-18(14)23-17/h3-13,16,19,24-25H,14-15,17-18,20-21H2,1-2H3;1-3,6,10,12-13H,4-5,7-9,11H2,(H,22,23). The number of ether oxygens (including phenoxy) is 2. The first-order chi connectivity index (χ1) is 33.8.